The van der Waals surface area contributed by atoms with Crippen LogP contribution >= 0.6 is 15.9 Å². The SMILES string of the molecule is O=C(COc1ccc(Br)cc1)NCc1nc(C2CC2)no1. The molecule has 1 aromatic carbocycles. The molecule has 0 saturated heterocycles. The number of benzene rings is 1. The fourth-order valence-corrected chi connectivity index (χ4v) is 2.02. The van der Waals surface area contributed by atoms with Crippen molar-refractivity contribution in [1.29, 1.82) is 0 Å². The van der Waals surface area contributed by atoms with E-state index in [1.165, 1.54) is 0 Å². The van der Waals surface area contributed by atoms with Crippen molar-refractivity contribution in [1.82, 2.24) is 15.5 Å². The molecule has 1 heterocycles. The molecule has 0 aliphatic heterocycles. The summed E-state index contributed by atoms with van der Waals surface area (Å²) in [5.74, 6) is 2.02. The Labute approximate surface area is 130 Å². The van der Waals surface area contributed by atoms with E-state index in [2.05, 4.69) is 31.4 Å². The van der Waals surface area contributed by atoms with Crippen LogP contribution in [0.4, 0.5) is 0 Å². The summed E-state index contributed by atoms with van der Waals surface area (Å²) in [4.78, 5) is 15.9. The third-order valence-electron chi connectivity index (χ3n) is 3.05. The van der Waals surface area contributed by atoms with Gasteiger partial charge in [-0.05, 0) is 37.1 Å². The average Bonchev–Trinajstić information content (AvgIpc) is 3.23. The second kappa shape index (κ2) is 6.26. The maximum Gasteiger partial charge on any atom is 0.258 e. The van der Waals surface area contributed by atoms with Gasteiger partial charge in [-0.15, -0.1) is 0 Å². The summed E-state index contributed by atoms with van der Waals surface area (Å²) in [5, 5.41) is 6.57. The standard InChI is InChI=1S/C14H14BrN3O3/c15-10-3-5-11(6-4-10)20-8-12(19)16-7-13-17-14(18-21-13)9-1-2-9/h3-6,9H,1-2,7-8H2,(H,16,19). The maximum atomic E-state index is 11.7. The number of aromatic nitrogens is 2. The Morgan fingerprint density at radius 2 is 2.14 bits per heavy atom. The van der Waals surface area contributed by atoms with E-state index in [9.17, 15) is 4.79 Å². The molecule has 6 nitrogen and oxygen atoms in total. The van der Waals surface area contributed by atoms with Crippen LogP contribution in [0, 0.1) is 0 Å². The number of carbonyl (C=O) groups is 1. The zero-order valence-corrected chi connectivity index (χ0v) is 12.8. The molecule has 0 unspecified atom stereocenters. The van der Waals surface area contributed by atoms with Crippen LogP contribution in [0.5, 0.6) is 5.75 Å². The molecular weight excluding hydrogens is 338 g/mol. The van der Waals surface area contributed by atoms with Gasteiger partial charge in [-0.3, -0.25) is 4.79 Å². The first-order valence-electron chi connectivity index (χ1n) is 6.68. The van der Waals surface area contributed by atoms with Gasteiger partial charge in [0.1, 0.15) is 5.75 Å². The second-order valence-electron chi connectivity index (χ2n) is 4.84. The third-order valence-corrected chi connectivity index (χ3v) is 3.58. The largest absolute Gasteiger partial charge is 0.484 e. The van der Waals surface area contributed by atoms with Crippen molar-refractivity contribution in [2.45, 2.75) is 25.3 Å². The van der Waals surface area contributed by atoms with Crippen LogP contribution < -0.4 is 10.1 Å². The Hall–Kier alpha value is -1.89. The zero-order valence-electron chi connectivity index (χ0n) is 11.2. The first-order valence-corrected chi connectivity index (χ1v) is 7.47. The number of rotatable bonds is 6. The Morgan fingerprint density at radius 3 is 2.86 bits per heavy atom. The van der Waals surface area contributed by atoms with Gasteiger partial charge in [0.2, 0.25) is 5.89 Å². The number of carbonyl (C=O) groups excluding carboxylic acids is 1. The molecule has 1 N–H and O–H groups in total. The van der Waals surface area contributed by atoms with Crippen molar-refractivity contribution >= 4 is 21.8 Å². The molecule has 3 rings (SSSR count). The normalized spacial score (nSPS) is 14.0. The van der Waals surface area contributed by atoms with Gasteiger partial charge >= 0.3 is 0 Å². The number of amides is 1. The van der Waals surface area contributed by atoms with Crippen molar-refractivity contribution in [2.75, 3.05) is 6.61 Å². The van der Waals surface area contributed by atoms with Crippen LogP contribution in [-0.4, -0.2) is 22.7 Å². The summed E-state index contributed by atoms with van der Waals surface area (Å²) >= 11 is 3.33. The van der Waals surface area contributed by atoms with Crippen LogP contribution in [0.3, 0.4) is 0 Å². The molecule has 0 spiro atoms. The number of ether oxygens (including phenoxy) is 1. The van der Waals surface area contributed by atoms with Gasteiger partial charge in [-0.25, -0.2) is 0 Å². The minimum Gasteiger partial charge on any atom is -0.484 e. The lowest BCUT2D eigenvalue weighted by Crippen LogP contribution is -2.28. The van der Waals surface area contributed by atoms with E-state index in [0.717, 1.165) is 23.1 Å². The molecule has 0 atom stereocenters. The van der Waals surface area contributed by atoms with E-state index in [1.54, 1.807) is 12.1 Å². The van der Waals surface area contributed by atoms with Gasteiger partial charge in [0, 0.05) is 10.4 Å². The molecule has 1 fully saturated rings. The third kappa shape index (κ3) is 4.04. The summed E-state index contributed by atoms with van der Waals surface area (Å²) in [6, 6.07) is 7.28. The molecule has 110 valence electrons. The van der Waals surface area contributed by atoms with Crippen LogP contribution in [0.25, 0.3) is 0 Å². The average molecular weight is 352 g/mol. The fourth-order valence-electron chi connectivity index (χ4n) is 1.75. The molecule has 1 amide bonds. The number of hydrogen-bond acceptors (Lipinski definition) is 5. The van der Waals surface area contributed by atoms with E-state index in [4.69, 9.17) is 9.26 Å². The van der Waals surface area contributed by atoms with Gasteiger partial charge < -0.3 is 14.6 Å². The van der Waals surface area contributed by atoms with Gasteiger partial charge in [0.05, 0.1) is 6.54 Å². The van der Waals surface area contributed by atoms with Crippen molar-refractivity contribution in [2.24, 2.45) is 0 Å². The van der Waals surface area contributed by atoms with Crippen LogP contribution in [0.1, 0.15) is 30.5 Å². The Bertz CT molecular complexity index is 623. The number of halogens is 1. The van der Waals surface area contributed by atoms with Crippen LogP contribution in [0.2, 0.25) is 0 Å². The lowest BCUT2D eigenvalue weighted by Gasteiger charge is -2.06. The second-order valence-corrected chi connectivity index (χ2v) is 5.76. The maximum absolute atomic E-state index is 11.7. The highest BCUT2D eigenvalue weighted by Crippen LogP contribution is 2.37. The van der Waals surface area contributed by atoms with Crippen molar-refractivity contribution < 1.29 is 14.1 Å². The Balaban J connectivity index is 1.42. The summed E-state index contributed by atoms with van der Waals surface area (Å²) in [6.45, 7) is 0.174. The van der Waals surface area contributed by atoms with Crippen molar-refractivity contribution in [3.05, 3.63) is 40.5 Å². The molecule has 1 saturated carbocycles. The van der Waals surface area contributed by atoms with Crippen LogP contribution in [-0.2, 0) is 11.3 Å². The van der Waals surface area contributed by atoms with Crippen molar-refractivity contribution in [3.8, 4) is 5.75 Å². The molecule has 1 aliphatic rings. The van der Waals surface area contributed by atoms with Crippen molar-refractivity contribution in [3.63, 3.8) is 0 Å². The summed E-state index contributed by atoms with van der Waals surface area (Å²) in [5.41, 5.74) is 0. The van der Waals surface area contributed by atoms with Gasteiger partial charge in [0.25, 0.3) is 5.91 Å². The molecule has 21 heavy (non-hydrogen) atoms. The Kier molecular flexibility index (Phi) is 4.19. The Morgan fingerprint density at radius 1 is 1.38 bits per heavy atom. The molecule has 0 bridgehead atoms. The number of nitrogens with one attached hydrogen (secondary N) is 1. The first-order chi connectivity index (χ1) is 10.2. The lowest BCUT2D eigenvalue weighted by molar-refractivity contribution is -0.123. The summed E-state index contributed by atoms with van der Waals surface area (Å²) in [6.07, 6.45) is 2.23. The highest BCUT2D eigenvalue weighted by Gasteiger charge is 2.28. The highest BCUT2D eigenvalue weighted by atomic mass is 79.9. The summed E-state index contributed by atoms with van der Waals surface area (Å²) in [7, 11) is 0. The van der Waals surface area contributed by atoms with E-state index >= 15 is 0 Å². The van der Waals surface area contributed by atoms with E-state index < -0.39 is 0 Å². The highest BCUT2D eigenvalue weighted by molar-refractivity contribution is 9.10. The van der Waals surface area contributed by atoms with E-state index in [-0.39, 0.29) is 19.1 Å². The molecule has 7 heteroatoms. The lowest BCUT2D eigenvalue weighted by atomic mass is 10.3. The molecule has 0 radical (unpaired) electrons. The molecule has 1 aliphatic carbocycles. The quantitative estimate of drug-likeness (QED) is 0.864. The minimum atomic E-state index is -0.232. The first kappa shape index (κ1) is 14.1. The predicted molar refractivity (Wildman–Crippen MR) is 77.8 cm³/mol. The number of nitrogens with zero attached hydrogens (tertiary/aromatic N) is 2. The van der Waals surface area contributed by atoms with Crippen LogP contribution in [0.15, 0.2) is 33.3 Å². The van der Waals surface area contributed by atoms with Gasteiger partial charge in [0.15, 0.2) is 12.4 Å². The number of hydrogen-bond donors (Lipinski definition) is 1. The van der Waals surface area contributed by atoms with E-state index in [0.29, 0.717) is 17.6 Å². The molecular formula is C14H14BrN3O3. The minimum absolute atomic E-state index is 0.0503. The van der Waals surface area contributed by atoms with Gasteiger partial charge in [-0.1, -0.05) is 21.1 Å². The molecule has 1 aromatic heterocycles. The predicted octanol–water partition coefficient (Wildman–Crippen LogP) is 2.40. The van der Waals surface area contributed by atoms with Gasteiger partial charge in [-0.2, -0.15) is 4.98 Å². The topological polar surface area (TPSA) is 77.2 Å². The molecule has 2 aromatic rings. The zero-order chi connectivity index (χ0) is 14.7. The fraction of sp³-hybridized carbons (Fsp3) is 0.357. The summed E-state index contributed by atoms with van der Waals surface area (Å²) < 4.78 is 11.4. The smallest absolute Gasteiger partial charge is 0.258 e. The van der Waals surface area contributed by atoms with E-state index in [1.807, 2.05) is 12.1 Å². The monoisotopic (exact) mass is 351 g/mol.